The van der Waals surface area contributed by atoms with Crippen molar-refractivity contribution in [2.45, 2.75) is 33.6 Å². The first kappa shape index (κ1) is 14.4. The van der Waals surface area contributed by atoms with Crippen molar-refractivity contribution in [3.8, 4) is 0 Å². The Morgan fingerprint density at radius 3 is 2.60 bits per heavy atom. The fraction of sp³-hybridized carbons (Fsp3) is 0.353. The number of hydrogen-bond donors (Lipinski definition) is 2. The lowest BCUT2D eigenvalue weighted by Gasteiger charge is -2.08. The van der Waals surface area contributed by atoms with E-state index in [1.54, 1.807) is 0 Å². The monoisotopic (exact) mass is 270 g/mol. The summed E-state index contributed by atoms with van der Waals surface area (Å²) in [5.74, 6) is 0.0207. The second kappa shape index (κ2) is 6.42. The number of rotatable bonds is 5. The fourth-order valence-corrected chi connectivity index (χ4v) is 2.37. The van der Waals surface area contributed by atoms with Crippen LogP contribution in [-0.2, 0) is 12.8 Å². The normalized spacial score (nSPS) is 10.6. The van der Waals surface area contributed by atoms with E-state index < -0.39 is 0 Å². The van der Waals surface area contributed by atoms with E-state index in [1.807, 2.05) is 30.5 Å². The van der Waals surface area contributed by atoms with Crippen molar-refractivity contribution < 1.29 is 4.79 Å². The summed E-state index contributed by atoms with van der Waals surface area (Å²) in [7, 11) is 0. The number of nitrogens with one attached hydrogen (secondary N) is 2. The van der Waals surface area contributed by atoms with E-state index in [4.69, 9.17) is 0 Å². The third-order valence-corrected chi connectivity index (χ3v) is 3.83. The van der Waals surface area contributed by atoms with E-state index in [-0.39, 0.29) is 5.91 Å². The molecule has 0 spiro atoms. The van der Waals surface area contributed by atoms with E-state index in [0.717, 1.165) is 24.0 Å². The molecule has 1 heterocycles. The lowest BCUT2D eigenvalue weighted by atomic mass is 10.0. The van der Waals surface area contributed by atoms with Crippen LogP contribution >= 0.6 is 0 Å². The Labute approximate surface area is 120 Å². The SMILES string of the molecule is CCc1ccccc1C(=O)NCCc1c[nH]c(C)c1C. The molecular formula is C17H22N2O. The van der Waals surface area contributed by atoms with Crippen molar-refractivity contribution in [2.24, 2.45) is 0 Å². The first-order valence-corrected chi connectivity index (χ1v) is 7.13. The van der Waals surface area contributed by atoms with Crippen molar-refractivity contribution in [2.75, 3.05) is 6.54 Å². The number of carbonyl (C=O) groups excluding carboxylic acids is 1. The van der Waals surface area contributed by atoms with Gasteiger partial charge in [-0.15, -0.1) is 0 Å². The third kappa shape index (κ3) is 3.10. The molecule has 0 saturated carbocycles. The summed E-state index contributed by atoms with van der Waals surface area (Å²) in [5, 5.41) is 3.01. The molecule has 0 atom stereocenters. The Morgan fingerprint density at radius 2 is 1.95 bits per heavy atom. The van der Waals surface area contributed by atoms with Gasteiger partial charge < -0.3 is 10.3 Å². The van der Waals surface area contributed by atoms with E-state index in [2.05, 4.69) is 31.1 Å². The number of aromatic nitrogens is 1. The van der Waals surface area contributed by atoms with Crippen LogP contribution in [0.3, 0.4) is 0 Å². The molecule has 1 amide bonds. The third-order valence-electron chi connectivity index (χ3n) is 3.83. The van der Waals surface area contributed by atoms with Gasteiger partial charge >= 0.3 is 0 Å². The Hall–Kier alpha value is -2.03. The number of H-pyrrole nitrogens is 1. The van der Waals surface area contributed by atoms with Gasteiger partial charge in [0.25, 0.3) is 5.91 Å². The molecule has 1 aromatic carbocycles. The number of aromatic amines is 1. The van der Waals surface area contributed by atoms with Crippen molar-refractivity contribution in [3.63, 3.8) is 0 Å². The summed E-state index contributed by atoms with van der Waals surface area (Å²) in [6, 6.07) is 7.78. The molecule has 2 rings (SSSR count). The Bertz CT molecular complexity index is 599. The van der Waals surface area contributed by atoms with Crippen LogP contribution in [-0.4, -0.2) is 17.4 Å². The summed E-state index contributed by atoms with van der Waals surface area (Å²) >= 11 is 0. The smallest absolute Gasteiger partial charge is 0.251 e. The van der Waals surface area contributed by atoms with Crippen molar-refractivity contribution in [1.29, 1.82) is 0 Å². The maximum Gasteiger partial charge on any atom is 0.251 e. The molecule has 0 bridgehead atoms. The van der Waals surface area contributed by atoms with Gasteiger partial charge in [-0.05, 0) is 49.4 Å². The van der Waals surface area contributed by atoms with Crippen LogP contribution < -0.4 is 5.32 Å². The molecule has 0 radical (unpaired) electrons. The minimum absolute atomic E-state index is 0.0207. The second-order valence-corrected chi connectivity index (χ2v) is 5.08. The molecule has 0 unspecified atom stereocenters. The first-order valence-electron chi connectivity index (χ1n) is 7.13. The number of amides is 1. The molecule has 2 aromatic rings. The standard InChI is InChI=1S/C17H22N2O/c1-4-14-7-5-6-8-16(14)17(20)18-10-9-15-11-19-13(3)12(15)2/h5-8,11,19H,4,9-10H2,1-3H3,(H,18,20). The van der Waals surface area contributed by atoms with Gasteiger partial charge in [0.1, 0.15) is 0 Å². The zero-order chi connectivity index (χ0) is 14.5. The van der Waals surface area contributed by atoms with Crippen molar-refractivity contribution in [3.05, 3.63) is 58.4 Å². The summed E-state index contributed by atoms with van der Waals surface area (Å²) in [4.78, 5) is 15.4. The van der Waals surface area contributed by atoms with E-state index in [0.29, 0.717) is 6.54 Å². The number of hydrogen-bond acceptors (Lipinski definition) is 1. The summed E-state index contributed by atoms with van der Waals surface area (Å²) in [6.07, 6.45) is 3.76. The molecule has 0 aliphatic carbocycles. The number of aryl methyl sites for hydroxylation is 2. The molecule has 2 N–H and O–H groups in total. The highest BCUT2D eigenvalue weighted by atomic mass is 16.1. The van der Waals surface area contributed by atoms with Crippen LogP contribution in [0.25, 0.3) is 0 Å². The zero-order valence-corrected chi connectivity index (χ0v) is 12.4. The highest BCUT2D eigenvalue weighted by Gasteiger charge is 2.09. The molecule has 0 fully saturated rings. The van der Waals surface area contributed by atoms with Gasteiger partial charge in [0.2, 0.25) is 0 Å². The minimum atomic E-state index is 0.0207. The van der Waals surface area contributed by atoms with Crippen molar-refractivity contribution >= 4 is 5.91 Å². The van der Waals surface area contributed by atoms with E-state index in [1.165, 1.54) is 16.8 Å². The summed E-state index contributed by atoms with van der Waals surface area (Å²) < 4.78 is 0. The highest BCUT2D eigenvalue weighted by Crippen LogP contribution is 2.12. The molecule has 3 heteroatoms. The number of carbonyl (C=O) groups is 1. The molecule has 0 saturated heterocycles. The predicted octanol–water partition coefficient (Wildman–Crippen LogP) is 3.17. The van der Waals surface area contributed by atoms with Gasteiger partial charge in [0.05, 0.1) is 0 Å². The quantitative estimate of drug-likeness (QED) is 0.861. The molecule has 20 heavy (non-hydrogen) atoms. The largest absolute Gasteiger partial charge is 0.365 e. The predicted molar refractivity (Wildman–Crippen MR) is 82.1 cm³/mol. The average Bonchev–Trinajstić information content (AvgIpc) is 2.79. The molecule has 1 aromatic heterocycles. The summed E-state index contributed by atoms with van der Waals surface area (Å²) in [5.41, 5.74) is 5.64. The molecular weight excluding hydrogens is 248 g/mol. The van der Waals surface area contributed by atoms with Gasteiger partial charge in [-0.1, -0.05) is 25.1 Å². The van der Waals surface area contributed by atoms with Gasteiger partial charge in [0.15, 0.2) is 0 Å². The lowest BCUT2D eigenvalue weighted by molar-refractivity contribution is 0.0953. The number of benzene rings is 1. The molecule has 0 aliphatic heterocycles. The van der Waals surface area contributed by atoms with E-state index in [9.17, 15) is 4.79 Å². The van der Waals surface area contributed by atoms with Crippen LogP contribution in [0, 0.1) is 13.8 Å². The Morgan fingerprint density at radius 1 is 1.20 bits per heavy atom. The maximum absolute atomic E-state index is 12.2. The molecule has 0 aliphatic rings. The average molecular weight is 270 g/mol. The van der Waals surface area contributed by atoms with Crippen molar-refractivity contribution in [1.82, 2.24) is 10.3 Å². The van der Waals surface area contributed by atoms with Crippen LogP contribution in [0.15, 0.2) is 30.5 Å². The van der Waals surface area contributed by atoms with Crippen LogP contribution in [0.4, 0.5) is 0 Å². The zero-order valence-electron chi connectivity index (χ0n) is 12.4. The summed E-state index contributed by atoms with van der Waals surface area (Å²) in [6.45, 7) is 6.90. The van der Waals surface area contributed by atoms with Crippen LogP contribution in [0.1, 0.15) is 39.7 Å². The second-order valence-electron chi connectivity index (χ2n) is 5.08. The Balaban J connectivity index is 1.94. The van der Waals surface area contributed by atoms with Crippen LogP contribution in [0.5, 0.6) is 0 Å². The fourth-order valence-electron chi connectivity index (χ4n) is 2.37. The minimum Gasteiger partial charge on any atom is -0.365 e. The lowest BCUT2D eigenvalue weighted by Crippen LogP contribution is -2.26. The highest BCUT2D eigenvalue weighted by molar-refractivity contribution is 5.95. The van der Waals surface area contributed by atoms with Crippen LogP contribution in [0.2, 0.25) is 0 Å². The molecule has 3 nitrogen and oxygen atoms in total. The maximum atomic E-state index is 12.2. The molecule has 106 valence electrons. The van der Waals surface area contributed by atoms with Gasteiger partial charge in [-0.3, -0.25) is 4.79 Å². The first-order chi connectivity index (χ1) is 9.63. The van der Waals surface area contributed by atoms with Gasteiger partial charge in [-0.2, -0.15) is 0 Å². The van der Waals surface area contributed by atoms with Gasteiger partial charge in [-0.25, -0.2) is 0 Å². The van der Waals surface area contributed by atoms with Gasteiger partial charge in [0, 0.05) is 24.0 Å². The Kier molecular flexibility index (Phi) is 4.61. The van der Waals surface area contributed by atoms with E-state index >= 15 is 0 Å². The topological polar surface area (TPSA) is 44.9 Å².